The highest BCUT2D eigenvalue weighted by Gasteiger charge is 2.18. The lowest BCUT2D eigenvalue weighted by atomic mass is 9.98. The Morgan fingerprint density at radius 1 is 1.09 bits per heavy atom. The maximum absolute atomic E-state index is 12.5. The van der Waals surface area contributed by atoms with Gasteiger partial charge in [0.05, 0.1) is 41.1 Å². The molecule has 0 saturated heterocycles. The van der Waals surface area contributed by atoms with Gasteiger partial charge in [-0.1, -0.05) is 36.8 Å². The Labute approximate surface area is 201 Å². The first kappa shape index (κ1) is 25.1. The molecule has 1 heterocycles. The molecular weight excluding hydrogens is 430 g/mol. The standard InChI is InChI=1S/C25H35N7O2/c1-17-23(34-19-11-7-4-8-12-19)14-13-21(30-17)24(27)22(31(2)28)16-32(29)15-20(26)25(33)18-9-5-3-6-10-18/h3,5-6,9-10,13-15,19H,4,7-8,11-12,16,26-29H2,1-2H3/b20-15-,24-22-. The van der Waals surface area contributed by atoms with E-state index in [4.69, 9.17) is 27.9 Å². The van der Waals surface area contributed by atoms with Crippen LogP contribution in [-0.4, -0.2) is 40.5 Å². The van der Waals surface area contributed by atoms with Crippen LogP contribution in [0, 0.1) is 6.92 Å². The summed E-state index contributed by atoms with van der Waals surface area (Å²) in [7, 11) is 1.66. The normalized spacial score (nSPS) is 15.5. The zero-order valence-corrected chi connectivity index (χ0v) is 19.9. The van der Waals surface area contributed by atoms with Gasteiger partial charge in [-0.15, -0.1) is 0 Å². The molecule has 1 saturated carbocycles. The summed E-state index contributed by atoms with van der Waals surface area (Å²) in [6.45, 7) is 2.01. The molecular formula is C25H35N7O2. The number of hydrogen-bond donors (Lipinski definition) is 4. The molecule has 0 bridgehead atoms. The summed E-state index contributed by atoms with van der Waals surface area (Å²) < 4.78 is 6.16. The Balaban J connectivity index is 1.76. The summed E-state index contributed by atoms with van der Waals surface area (Å²) in [5, 5.41) is 2.65. The summed E-state index contributed by atoms with van der Waals surface area (Å²) in [5.74, 6) is 12.6. The molecule has 0 spiro atoms. The van der Waals surface area contributed by atoms with E-state index in [0.29, 0.717) is 22.7 Å². The van der Waals surface area contributed by atoms with E-state index in [1.54, 1.807) is 31.3 Å². The molecule has 1 aliphatic carbocycles. The third kappa shape index (κ3) is 6.49. The number of nitrogens with zero attached hydrogens (tertiary/aromatic N) is 3. The molecule has 9 heteroatoms. The van der Waals surface area contributed by atoms with Crippen LogP contribution in [-0.2, 0) is 0 Å². The predicted molar refractivity (Wildman–Crippen MR) is 133 cm³/mol. The lowest BCUT2D eigenvalue weighted by molar-refractivity contribution is 0.103. The van der Waals surface area contributed by atoms with Gasteiger partial charge in [-0.2, -0.15) is 0 Å². The first-order valence-corrected chi connectivity index (χ1v) is 11.5. The summed E-state index contributed by atoms with van der Waals surface area (Å²) in [5.41, 5.74) is 15.1. The van der Waals surface area contributed by atoms with Crippen molar-refractivity contribution in [3.63, 3.8) is 0 Å². The largest absolute Gasteiger partial charge is 0.489 e. The van der Waals surface area contributed by atoms with E-state index in [9.17, 15) is 4.79 Å². The second-order valence-corrected chi connectivity index (χ2v) is 8.58. The number of aromatic nitrogens is 1. The van der Waals surface area contributed by atoms with Crippen molar-refractivity contribution in [1.29, 1.82) is 0 Å². The van der Waals surface area contributed by atoms with Crippen LogP contribution in [0.4, 0.5) is 0 Å². The number of carbonyl (C=O) groups is 1. The molecule has 1 aromatic heterocycles. The number of allylic oxidation sites excluding steroid dienone is 1. The number of likely N-dealkylation sites (N-methyl/N-ethyl adjacent to an activating group) is 1. The number of rotatable bonds is 9. The highest BCUT2D eigenvalue weighted by molar-refractivity contribution is 6.07. The third-order valence-electron chi connectivity index (χ3n) is 5.83. The molecule has 0 unspecified atom stereocenters. The second kappa shape index (κ2) is 11.5. The first-order valence-electron chi connectivity index (χ1n) is 11.5. The molecule has 2 aromatic rings. The topological polar surface area (TPSA) is 150 Å². The summed E-state index contributed by atoms with van der Waals surface area (Å²) in [6, 6.07) is 12.5. The van der Waals surface area contributed by atoms with Crippen molar-refractivity contribution in [2.24, 2.45) is 23.2 Å². The Morgan fingerprint density at radius 3 is 2.38 bits per heavy atom. The van der Waals surface area contributed by atoms with E-state index in [1.807, 2.05) is 25.1 Å². The van der Waals surface area contributed by atoms with Crippen molar-refractivity contribution < 1.29 is 9.53 Å². The number of aryl methyl sites for hydroxylation is 1. The average molecular weight is 466 g/mol. The van der Waals surface area contributed by atoms with Crippen LogP contribution < -0.4 is 27.9 Å². The Hall–Kier alpha value is -3.56. The number of nitrogens with two attached hydrogens (primary N) is 4. The van der Waals surface area contributed by atoms with E-state index in [0.717, 1.165) is 24.3 Å². The summed E-state index contributed by atoms with van der Waals surface area (Å²) >= 11 is 0. The number of benzene rings is 1. The van der Waals surface area contributed by atoms with Crippen molar-refractivity contribution in [1.82, 2.24) is 15.0 Å². The van der Waals surface area contributed by atoms with E-state index >= 15 is 0 Å². The van der Waals surface area contributed by atoms with Gasteiger partial charge in [0.15, 0.2) is 0 Å². The van der Waals surface area contributed by atoms with Crippen molar-refractivity contribution >= 4 is 11.5 Å². The Kier molecular flexibility index (Phi) is 8.50. The predicted octanol–water partition coefficient (Wildman–Crippen LogP) is 2.39. The molecule has 0 aliphatic heterocycles. The maximum Gasteiger partial charge on any atom is 0.210 e. The fourth-order valence-electron chi connectivity index (χ4n) is 3.93. The number of pyridine rings is 1. The third-order valence-corrected chi connectivity index (χ3v) is 5.83. The van der Waals surface area contributed by atoms with Crippen LogP contribution in [0.25, 0.3) is 5.70 Å². The lowest BCUT2D eigenvalue weighted by Gasteiger charge is -2.25. The quantitative estimate of drug-likeness (QED) is 0.189. The highest BCUT2D eigenvalue weighted by Crippen LogP contribution is 2.26. The molecule has 0 atom stereocenters. The Bertz CT molecular complexity index is 1040. The number of carbonyl (C=O) groups excluding carboxylic acids is 1. The summed E-state index contributed by atoms with van der Waals surface area (Å²) in [4.78, 5) is 17.1. The van der Waals surface area contributed by atoms with Gasteiger partial charge in [-0.05, 0) is 44.7 Å². The molecule has 0 radical (unpaired) electrons. The molecule has 0 amide bonds. The first-order chi connectivity index (χ1) is 16.3. The van der Waals surface area contributed by atoms with Crippen LogP contribution >= 0.6 is 0 Å². The minimum Gasteiger partial charge on any atom is -0.489 e. The van der Waals surface area contributed by atoms with Gasteiger partial charge < -0.3 is 26.2 Å². The minimum absolute atomic E-state index is 0.00415. The van der Waals surface area contributed by atoms with Crippen LogP contribution in [0.2, 0.25) is 0 Å². The van der Waals surface area contributed by atoms with Gasteiger partial charge >= 0.3 is 0 Å². The van der Waals surface area contributed by atoms with E-state index in [-0.39, 0.29) is 24.1 Å². The second-order valence-electron chi connectivity index (χ2n) is 8.58. The van der Waals surface area contributed by atoms with E-state index < -0.39 is 0 Å². The van der Waals surface area contributed by atoms with Crippen molar-refractivity contribution in [2.75, 3.05) is 13.6 Å². The van der Waals surface area contributed by atoms with Gasteiger partial charge in [-0.3, -0.25) is 4.79 Å². The average Bonchev–Trinajstić information content (AvgIpc) is 2.84. The SMILES string of the molecule is Cc1nc(/C(N)=C(\CN(N)/C=C(\N)C(=O)c2ccccc2)N(C)N)ccc1OC1CCCCC1. The van der Waals surface area contributed by atoms with Crippen molar-refractivity contribution in [3.8, 4) is 5.75 Å². The number of Topliss-reactive ketones (excluding diaryl/α,β-unsaturated/α-hetero) is 1. The number of ether oxygens (including phenoxy) is 1. The maximum atomic E-state index is 12.5. The minimum atomic E-state index is -0.318. The van der Waals surface area contributed by atoms with Gasteiger partial charge in [0.25, 0.3) is 0 Å². The van der Waals surface area contributed by atoms with Crippen LogP contribution in [0.1, 0.15) is 53.8 Å². The van der Waals surface area contributed by atoms with Gasteiger partial charge in [0, 0.05) is 18.8 Å². The lowest BCUT2D eigenvalue weighted by Crippen LogP contribution is -2.38. The number of ketones is 1. The van der Waals surface area contributed by atoms with E-state index in [1.165, 1.54) is 35.5 Å². The number of hydrogen-bond acceptors (Lipinski definition) is 9. The van der Waals surface area contributed by atoms with Crippen LogP contribution in [0.5, 0.6) is 5.75 Å². The highest BCUT2D eigenvalue weighted by atomic mass is 16.5. The van der Waals surface area contributed by atoms with Crippen molar-refractivity contribution in [3.05, 3.63) is 77.0 Å². The molecule has 1 aromatic carbocycles. The Morgan fingerprint density at radius 2 is 1.76 bits per heavy atom. The molecule has 3 rings (SSSR count). The molecule has 8 N–H and O–H groups in total. The molecule has 1 aliphatic rings. The molecule has 182 valence electrons. The molecule has 1 fully saturated rings. The van der Waals surface area contributed by atoms with E-state index in [2.05, 4.69) is 4.98 Å². The smallest absolute Gasteiger partial charge is 0.210 e. The number of hydrazine groups is 2. The fraction of sp³-hybridized carbons (Fsp3) is 0.360. The fourth-order valence-corrected chi connectivity index (χ4v) is 3.93. The van der Waals surface area contributed by atoms with Gasteiger partial charge in [-0.25, -0.2) is 16.7 Å². The monoisotopic (exact) mass is 465 g/mol. The molecule has 9 nitrogen and oxygen atoms in total. The van der Waals surface area contributed by atoms with Gasteiger partial charge in [0.2, 0.25) is 5.78 Å². The zero-order chi connectivity index (χ0) is 24.7. The zero-order valence-electron chi connectivity index (χ0n) is 19.9. The molecule has 34 heavy (non-hydrogen) atoms. The van der Waals surface area contributed by atoms with Crippen LogP contribution in [0.15, 0.2) is 60.1 Å². The van der Waals surface area contributed by atoms with Crippen molar-refractivity contribution in [2.45, 2.75) is 45.1 Å². The van der Waals surface area contributed by atoms with Crippen LogP contribution in [0.3, 0.4) is 0 Å². The summed E-state index contributed by atoms with van der Waals surface area (Å²) in [6.07, 6.45) is 7.41. The van der Waals surface area contributed by atoms with Gasteiger partial charge in [0.1, 0.15) is 5.75 Å².